The average molecular weight is 395 g/mol. The van der Waals surface area contributed by atoms with E-state index in [-0.39, 0.29) is 5.56 Å². The van der Waals surface area contributed by atoms with Crippen LogP contribution in [-0.4, -0.2) is 14.3 Å². The third kappa shape index (κ3) is 3.35. The van der Waals surface area contributed by atoms with Gasteiger partial charge in [-0.05, 0) is 36.2 Å². The van der Waals surface area contributed by atoms with Gasteiger partial charge in [0, 0.05) is 11.0 Å². The Balaban J connectivity index is 2.11. The second-order valence-corrected chi connectivity index (χ2v) is 6.77. The number of nitrogens with zero attached hydrogens (tertiary/aromatic N) is 3. The van der Waals surface area contributed by atoms with Crippen molar-refractivity contribution in [3.05, 3.63) is 61.9 Å². The van der Waals surface area contributed by atoms with E-state index in [4.69, 9.17) is 11.6 Å². The van der Waals surface area contributed by atoms with E-state index in [0.717, 1.165) is 29.4 Å². The van der Waals surface area contributed by atoms with Crippen molar-refractivity contribution in [1.82, 2.24) is 14.3 Å². The Morgan fingerprint density at radius 3 is 2.57 bits per heavy atom. The maximum Gasteiger partial charge on any atom is 0.276 e. The fraction of sp³-hybridized carbons (Fsp3) is 0.294. The van der Waals surface area contributed by atoms with Crippen molar-refractivity contribution in [2.75, 3.05) is 0 Å². The molecule has 2 aromatic heterocycles. The van der Waals surface area contributed by atoms with Gasteiger partial charge in [0.25, 0.3) is 5.56 Å². The molecule has 23 heavy (non-hydrogen) atoms. The molecule has 0 atom stereocenters. The maximum atomic E-state index is 12.7. The topological polar surface area (TPSA) is 39.8 Å². The Bertz CT molecular complexity index is 883. The van der Waals surface area contributed by atoms with Gasteiger partial charge in [-0.25, -0.2) is 9.67 Å². The number of aryl methyl sites for hydroxylation is 1. The molecular formula is C17H17BrClN3O. The van der Waals surface area contributed by atoms with Crippen molar-refractivity contribution in [2.24, 2.45) is 0 Å². The van der Waals surface area contributed by atoms with Crippen LogP contribution in [-0.2, 0) is 13.1 Å². The van der Waals surface area contributed by atoms with Crippen molar-refractivity contribution in [1.29, 1.82) is 0 Å². The first-order valence-corrected chi connectivity index (χ1v) is 8.77. The Morgan fingerprint density at radius 2 is 1.87 bits per heavy atom. The number of fused-ring (bicyclic) bond motifs is 1. The molecular weight excluding hydrogens is 378 g/mol. The molecule has 0 spiro atoms. The lowest BCUT2D eigenvalue weighted by atomic mass is 10.2. The molecule has 0 fully saturated rings. The maximum absolute atomic E-state index is 12.7. The molecule has 0 aliphatic rings. The van der Waals surface area contributed by atoms with E-state index >= 15 is 0 Å². The van der Waals surface area contributed by atoms with E-state index in [2.05, 4.69) is 27.8 Å². The molecule has 0 saturated heterocycles. The van der Waals surface area contributed by atoms with Crippen molar-refractivity contribution in [3.63, 3.8) is 0 Å². The van der Waals surface area contributed by atoms with Crippen LogP contribution in [0.25, 0.3) is 11.0 Å². The Kier molecular flexibility index (Phi) is 4.87. The molecule has 0 saturated carbocycles. The minimum Gasteiger partial charge on any atom is -0.267 e. The predicted octanol–water partition coefficient (Wildman–Crippen LogP) is 4.46. The molecule has 0 amide bonds. The fourth-order valence-corrected chi connectivity index (χ4v) is 3.01. The molecule has 3 rings (SSSR count). The summed E-state index contributed by atoms with van der Waals surface area (Å²) in [5, 5.41) is 1.02. The summed E-state index contributed by atoms with van der Waals surface area (Å²) in [7, 11) is 0. The lowest BCUT2D eigenvalue weighted by molar-refractivity contribution is 0.465. The van der Waals surface area contributed by atoms with Crippen LogP contribution in [0.4, 0.5) is 0 Å². The van der Waals surface area contributed by atoms with Gasteiger partial charge in [-0.15, -0.1) is 0 Å². The van der Waals surface area contributed by atoms with Gasteiger partial charge in [0.05, 0.1) is 11.9 Å². The molecule has 0 unspecified atom stereocenters. The Hall–Kier alpha value is -1.59. The van der Waals surface area contributed by atoms with Gasteiger partial charge >= 0.3 is 0 Å². The first-order chi connectivity index (χ1) is 11.1. The number of aromatic nitrogens is 3. The molecule has 2 heterocycles. The minimum atomic E-state index is -0.0248. The van der Waals surface area contributed by atoms with Crippen LogP contribution in [0.1, 0.15) is 25.3 Å². The van der Waals surface area contributed by atoms with Gasteiger partial charge in [-0.1, -0.05) is 53.0 Å². The van der Waals surface area contributed by atoms with Crippen molar-refractivity contribution < 1.29 is 0 Å². The SMILES string of the molecule is CCCCn1c2nc(Cl)ccc2c(=O)n1Cc1ccc(Br)cc1. The summed E-state index contributed by atoms with van der Waals surface area (Å²) in [5.41, 5.74) is 1.71. The zero-order chi connectivity index (χ0) is 16.4. The molecule has 0 bridgehead atoms. The molecule has 6 heteroatoms. The minimum absolute atomic E-state index is 0.0248. The van der Waals surface area contributed by atoms with Gasteiger partial charge in [0.1, 0.15) is 5.15 Å². The Morgan fingerprint density at radius 1 is 1.13 bits per heavy atom. The van der Waals surface area contributed by atoms with Crippen LogP contribution in [0.3, 0.4) is 0 Å². The highest BCUT2D eigenvalue weighted by Gasteiger charge is 2.15. The number of rotatable bonds is 5. The second kappa shape index (κ2) is 6.89. The number of benzene rings is 1. The molecule has 0 aliphatic carbocycles. The largest absolute Gasteiger partial charge is 0.276 e. The van der Waals surface area contributed by atoms with E-state index < -0.39 is 0 Å². The van der Waals surface area contributed by atoms with Crippen LogP contribution in [0.15, 0.2) is 45.7 Å². The van der Waals surface area contributed by atoms with Gasteiger partial charge in [0.15, 0.2) is 5.65 Å². The smallest absolute Gasteiger partial charge is 0.267 e. The first kappa shape index (κ1) is 16.3. The monoisotopic (exact) mass is 393 g/mol. The van der Waals surface area contributed by atoms with Crippen LogP contribution in [0.5, 0.6) is 0 Å². The fourth-order valence-electron chi connectivity index (χ4n) is 2.61. The number of hydrogen-bond acceptors (Lipinski definition) is 2. The van der Waals surface area contributed by atoms with E-state index in [9.17, 15) is 4.79 Å². The van der Waals surface area contributed by atoms with E-state index in [1.165, 1.54) is 0 Å². The number of hydrogen-bond donors (Lipinski definition) is 0. The lowest BCUT2D eigenvalue weighted by Crippen LogP contribution is -2.24. The zero-order valence-corrected chi connectivity index (χ0v) is 15.1. The highest BCUT2D eigenvalue weighted by Crippen LogP contribution is 2.16. The summed E-state index contributed by atoms with van der Waals surface area (Å²) in [6, 6.07) is 11.4. The van der Waals surface area contributed by atoms with Crippen molar-refractivity contribution >= 4 is 38.6 Å². The predicted molar refractivity (Wildman–Crippen MR) is 97.2 cm³/mol. The molecule has 4 nitrogen and oxygen atoms in total. The number of halogens is 2. The highest BCUT2D eigenvalue weighted by atomic mass is 79.9. The van der Waals surface area contributed by atoms with Crippen molar-refractivity contribution in [3.8, 4) is 0 Å². The summed E-state index contributed by atoms with van der Waals surface area (Å²) < 4.78 is 4.73. The molecule has 1 aromatic carbocycles. The molecule has 3 aromatic rings. The summed E-state index contributed by atoms with van der Waals surface area (Å²) in [5.74, 6) is 0. The molecule has 0 N–H and O–H groups in total. The van der Waals surface area contributed by atoms with Crippen LogP contribution < -0.4 is 5.56 Å². The van der Waals surface area contributed by atoms with E-state index in [1.54, 1.807) is 16.8 Å². The van der Waals surface area contributed by atoms with Gasteiger partial charge in [-0.3, -0.25) is 9.48 Å². The summed E-state index contributed by atoms with van der Waals surface area (Å²) in [6.07, 6.45) is 2.03. The van der Waals surface area contributed by atoms with E-state index in [1.807, 2.05) is 28.9 Å². The third-order valence-electron chi connectivity index (χ3n) is 3.81. The van der Waals surface area contributed by atoms with Crippen LogP contribution >= 0.6 is 27.5 Å². The summed E-state index contributed by atoms with van der Waals surface area (Å²) >= 11 is 9.45. The standard InChI is InChI=1S/C17H17BrClN3O/c1-2-3-10-21-16-14(8-9-15(19)20-16)17(23)22(21)11-12-4-6-13(18)7-5-12/h4-9H,2-3,10-11H2,1H3. The van der Waals surface area contributed by atoms with Gasteiger partial charge < -0.3 is 0 Å². The summed E-state index contributed by atoms with van der Waals surface area (Å²) in [4.78, 5) is 17.1. The van der Waals surface area contributed by atoms with Gasteiger partial charge in [0.2, 0.25) is 0 Å². The Labute approximate surface area is 147 Å². The zero-order valence-electron chi connectivity index (χ0n) is 12.8. The quantitative estimate of drug-likeness (QED) is 0.599. The number of unbranched alkanes of at least 4 members (excludes halogenated alkanes) is 1. The molecule has 0 aliphatic heterocycles. The second-order valence-electron chi connectivity index (χ2n) is 5.47. The normalized spacial score (nSPS) is 11.3. The van der Waals surface area contributed by atoms with Gasteiger partial charge in [-0.2, -0.15) is 0 Å². The van der Waals surface area contributed by atoms with E-state index in [0.29, 0.717) is 22.7 Å². The molecule has 120 valence electrons. The van der Waals surface area contributed by atoms with Crippen LogP contribution in [0.2, 0.25) is 5.15 Å². The number of pyridine rings is 1. The third-order valence-corrected chi connectivity index (χ3v) is 4.55. The lowest BCUT2D eigenvalue weighted by Gasteiger charge is -2.12. The summed E-state index contributed by atoms with van der Waals surface area (Å²) in [6.45, 7) is 3.40. The average Bonchev–Trinajstić information content (AvgIpc) is 2.79. The highest BCUT2D eigenvalue weighted by molar-refractivity contribution is 9.10. The van der Waals surface area contributed by atoms with Crippen molar-refractivity contribution in [2.45, 2.75) is 32.9 Å². The first-order valence-electron chi connectivity index (χ1n) is 7.60. The molecule has 0 radical (unpaired) electrons. The van der Waals surface area contributed by atoms with Crippen LogP contribution in [0, 0.1) is 0 Å².